The fraction of sp³-hybridized carbons (Fsp3) is 0.125. The molecular weight excluding hydrogens is 252 g/mol. The minimum atomic E-state index is -0.372. The zero-order chi connectivity index (χ0) is 14.3. The number of nitrogens with one attached hydrogen (secondary N) is 1. The number of aromatic amines is 1. The molecule has 0 bridgehead atoms. The molecular formula is C16H14N2O2. The molecule has 1 aromatic heterocycles. The van der Waals surface area contributed by atoms with E-state index in [-0.39, 0.29) is 10.6 Å². The summed E-state index contributed by atoms with van der Waals surface area (Å²) in [6, 6.07) is 13.1. The van der Waals surface area contributed by atoms with E-state index >= 15 is 0 Å². The van der Waals surface area contributed by atoms with Gasteiger partial charge in [-0.05, 0) is 43.7 Å². The van der Waals surface area contributed by atoms with Gasteiger partial charge in [0, 0.05) is 28.7 Å². The van der Waals surface area contributed by atoms with Gasteiger partial charge < -0.3 is 4.98 Å². The van der Waals surface area contributed by atoms with Crippen molar-refractivity contribution in [1.29, 1.82) is 0 Å². The van der Waals surface area contributed by atoms with Gasteiger partial charge in [-0.25, -0.2) is 0 Å². The number of nitro benzene ring substituents is 1. The molecule has 0 radical (unpaired) electrons. The normalized spacial score (nSPS) is 10.9. The Morgan fingerprint density at radius 1 is 1.00 bits per heavy atom. The number of fused-ring (bicyclic) bond motifs is 1. The predicted molar refractivity (Wildman–Crippen MR) is 79.9 cm³/mol. The molecule has 100 valence electrons. The van der Waals surface area contributed by atoms with Crippen molar-refractivity contribution < 1.29 is 4.92 Å². The predicted octanol–water partition coefficient (Wildman–Crippen LogP) is 4.36. The van der Waals surface area contributed by atoms with Crippen LogP contribution in [0.3, 0.4) is 0 Å². The highest BCUT2D eigenvalue weighted by Gasteiger charge is 2.09. The lowest BCUT2D eigenvalue weighted by Gasteiger charge is -2.02. The summed E-state index contributed by atoms with van der Waals surface area (Å²) in [6.07, 6.45) is 0. The van der Waals surface area contributed by atoms with Gasteiger partial charge in [0.2, 0.25) is 0 Å². The summed E-state index contributed by atoms with van der Waals surface area (Å²) in [7, 11) is 0. The molecule has 0 saturated carbocycles. The highest BCUT2D eigenvalue weighted by Crippen LogP contribution is 2.28. The van der Waals surface area contributed by atoms with Crippen LogP contribution in [0.4, 0.5) is 5.69 Å². The Morgan fingerprint density at radius 3 is 2.35 bits per heavy atom. The Labute approximate surface area is 116 Å². The van der Waals surface area contributed by atoms with Gasteiger partial charge in [0.05, 0.1) is 4.92 Å². The van der Waals surface area contributed by atoms with E-state index < -0.39 is 0 Å². The van der Waals surface area contributed by atoms with Crippen molar-refractivity contribution in [2.24, 2.45) is 0 Å². The number of H-pyrrole nitrogens is 1. The molecule has 1 heterocycles. The van der Waals surface area contributed by atoms with E-state index in [0.717, 1.165) is 22.2 Å². The lowest BCUT2D eigenvalue weighted by atomic mass is 10.1. The minimum absolute atomic E-state index is 0.114. The molecule has 0 saturated heterocycles. The van der Waals surface area contributed by atoms with Gasteiger partial charge in [-0.3, -0.25) is 10.1 Å². The molecule has 0 aliphatic carbocycles. The van der Waals surface area contributed by atoms with E-state index in [1.807, 2.05) is 6.07 Å². The van der Waals surface area contributed by atoms with Gasteiger partial charge in [-0.2, -0.15) is 0 Å². The molecule has 4 heteroatoms. The number of non-ortho nitro benzene ring substituents is 1. The topological polar surface area (TPSA) is 58.9 Å². The smallest absolute Gasteiger partial charge is 0.270 e. The summed E-state index contributed by atoms with van der Waals surface area (Å²) in [6.45, 7) is 4.12. The zero-order valence-corrected chi connectivity index (χ0v) is 11.3. The number of rotatable bonds is 2. The molecule has 0 fully saturated rings. The molecule has 20 heavy (non-hydrogen) atoms. The minimum Gasteiger partial charge on any atom is -0.355 e. The lowest BCUT2D eigenvalue weighted by molar-refractivity contribution is -0.384. The fourth-order valence-electron chi connectivity index (χ4n) is 2.52. The second-order valence-corrected chi connectivity index (χ2v) is 5.09. The number of aromatic nitrogens is 1. The summed E-state index contributed by atoms with van der Waals surface area (Å²) in [5, 5.41) is 11.7. The Hall–Kier alpha value is -2.62. The first-order valence-corrected chi connectivity index (χ1v) is 6.39. The second kappa shape index (κ2) is 4.49. The van der Waals surface area contributed by atoms with E-state index in [1.165, 1.54) is 17.2 Å². The van der Waals surface area contributed by atoms with Crippen LogP contribution in [-0.4, -0.2) is 9.91 Å². The summed E-state index contributed by atoms with van der Waals surface area (Å²) in [5.41, 5.74) is 5.50. The van der Waals surface area contributed by atoms with Crippen molar-refractivity contribution in [2.75, 3.05) is 0 Å². The molecule has 0 aliphatic heterocycles. The molecule has 4 nitrogen and oxygen atoms in total. The van der Waals surface area contributed by atoms with Gasteiger partial charge in [0.1, 0.15) is 0 Å². The summed E-state index contributed by atoms with van der Waals surface area (Å²) in [5.74, 6) is 0. The van der Waals surface area contributed by atoms with Crippen molar-refractivity contribution in [1.82, 2.24) is 4.98 Å². The average Bonchev–Trinajstić information content (AvgIpc) is 2.80. The van der Waals surface area contributed by atoms with Crippen LogP contribution >= 0.6 is 0 Å². The average molecular weight is 266 g/mol. The van der Waals surface area contributed by atoms with E-state index in [2.05, 4.69) is 37.0 Å². The van der Waals surface area contributed by atoms with Gasteiger partial charge in [0.25, 0.3) is 5.69 Å². The number of nitrogens with zero attached hydrogens (tertiary/aromatic N) is 1. The van der Waals surface area contributed by atoms with Crippen molar-refractivity contribution >= 4 is 16.6 Å². The summed E-state index contributed by atoms with van der Waals surface area (Å²) >= 11 is 0. The van der Waals surface area contributed by atoms with Crippen molar-refractivity contribution in [2.45, 2.75) is 13.8 Å². The number of aryl methyl sites for hydroxylation is 2. The van der Waals surface area contributed by atoms with Crippen LogP contribution in [0.1, 0.15) is 11.1 Å². The van der Waals surface area contributed by atoms with E-state index in [1.54, 1.807) is 12.1 Å². The maximum Gasteiger partial charge on any atom is 0.270 e. The molecule has 0 atom stereocenters. The standard InChI is InChI=1S/C16H14N2O2/c1-10-5-11(2)7-12(6-10)16-9-13-8-14(18(19)20)3-4-15(13)17-16/h3-9,17H,1-2H3. The van der Waals surface area contributed by atoms with Crippen LogP contribution in [0.2, 0.25) is 0 Å². The van der Waals surface area contributed by atoms with Crippen LogP contribution in [0, 0.1) is 24.0 Å². The largest absolute Gasteiger partial charge is 0.355 e. The van der Waals surface area contributed by atoms with Crippen LogP contribution in [-0.2, 0) is 0 Å². The fourth-order valence-corrected chi connectivity index (χ4v) is 2.52. The third-order valence-electron chi connectivity index (χ3n) is 3.35. The first kappa shape index (κ1) is 12.4. The number of benzene rings is 2. The quantitative estimate of drug-likeness (QED) is 0.553. The molecule has 2 aromatic carbocycles. The first-order valence-electron chi connectivity index (χ1n) is 6.39. The van der Waals surface area contributed by atoms with Crippen molar-refractivity contribution in [3.63, 3.8) is 0 Å². The lowest BCUT2D eigenvalue weighted by Crippen LogP contribution is -1.86. The Balaban J connectivity index is 2.15. The van der Waals surface area contributed by atoms with E-state index in [0.29, 0.717) is 0 Å². The third kappa shape index (κ3) is 2.16. The van der Waals surface area contributed by atoms with Gasteiger partial charge >= 0.3 is 0 Å². The monoisotopic (exact) mass is 266 g/mol. The highest BCUT2D eigenvalue weighted by molar-refractivity contribution is 5.87. The van der Waals surface area contributed by atoms with Crippen LogP contribution < -0.4 is 0 Å². The zero-order valence-electron chi connectivity index (χ0n) is 11.3. The molecule has 3 rings (SSSR count). The number of hydrogen-bond acceptors (Lipinski definition) is 2. The molecule has 3 aromatic rings. The Morgan fingerprint density at radius 2 is 1.70 bits per heavy atom. The molecule has 0 amide bonds. The van der Waals surface area contributed by atoms with Crippen molar-refractivity contribution in [3.05, 3.63) is 63.7 Å². The van der Waals surface area contributed by atoms with Crippen LogP contribution in [0.15, 0.2) is 42.5 Å². The Bertz CT molecular complexity index is 798. The number of hydrogen-bond donors (Lipinski definition) is 1. The molecule has 0 spiro atoms. The molecule has 1 N–H and O–H groups in total. The highest BCUT2D eigenvalue weighted by atomic mass is 16.6. The number of nitro groups is 1. The summed E-state index contributed by atoms with van der Waals surface area (Å²) < 4.78 is 0. The maximum atomic E-state index is 10.8. The maximum absolute atomic E-state index is 10.8. The third-order valence-corrected chi connectivity index (χ3v) is 3.35. The SMILES string of the molecule is Cc1cc(C)cc(-c2cc3cc([N+](=O)[O-])ccc3[nH]2)c1. The van der Waals surface area contributed by atoms with E-state index in [9.17, 15) is 10.1 Å². The molecule has 0 unspecified atom stereocenters. The van der Waals surface area contributed by atoms with Gasteiger partial charge in [-0.15, -0.1) is 0 Å². The first-order chi connectivity index (χ1) is 9.52. The van der Waals surface area contributed by atoms with Crippen LogP contribution in [0.5, 0.6) is 0 Å². The van der Waals surface area contributed by atoms with E-state index in [4.69, 9.17) is 0 Å². The van der Waals surface area contributed by atoms with Crippen molar-refractivity contribution in [3.8, 4) is 11.3 Å². The molecule has 0 aliphatic rings. The van der Waals surface area contributed by atoms with Gasteiger partial charge in [-0.1, -0.05) is 17.2 Å². The Kier molecular flexibility index (Phi) is 2.79. The van der Waals surface area contributed by atoms with Crippen LogP contribution in [0.25, 0.3) is 22.2 Å². The second-order valence-electron chi connectivity index (χ2n) is 5.09. The summed E-state index contributed by atoms with van der Waals surface area (Å²) in [4.78, 5) is 13.7. The van der Waals surface area contributed by atoms with Gasteiger partial charge in [0.15, 0.2) is 0 Å².